The zero-order valence-electron chi connectivity index (χ0n) is 10.6. The van der Waals surface area contributed by atoms with Gasteiger partial charge in [-0.1, -0.05) is 12.2 Å². The van der Waals surface area contributed by atoms with Gasteiger partial charge in [-0.25, -0.2) is 9.86 Å². The molecule has 0 aromatic rings. The molecule has 0 aliphatic carbocycles. The van der Waals surface area contributed by atoms with Gasteiger partial charge in [0.15, 0.2) is 0 Å². The molecule has 1 heterocycles. The number of carbonyl (C=O) groups is 1. The quantitative estimate of drug-likeness (QED) is 0.641. The average molecular weight is 224 g/mol. The summed E-state index contributed by atoms with van der Waals surface area (Å²) >= 11 is 0. The average Bonchev–Trinajstić information content (AvgIpc) is 2.15. The van der Waals surface area contributed by atoms with Gasteiger partial charge in [0.1, 0.15) is 0 Å². The van der Waals surface area contributed by atoms with Gasteiger partial charge in [-0.05, 0) is 33.8 Å². The maximum atomic E-state index is 12.0. The number of rotatable bonds is 1. The van der Waals surface area contributed by atoms with Gasteiger partial charge in [0.25, 0.3) is 0 Å². The molecule has 1 aliphatic heterocycles. The fourth-order valence-electron chi connectivity index (χ4n) is 1.45. The van der Waals surface area contributed by atoms with E-state index in [2.05, 4.69) is 0 Å². The molecule has 1 aliphatic rings. The molecular formula is C12H20N2O2. The van der Waals surface area contributed by atoms with Crippen LogP contribution in [0.2, 0.25) is 0 Å². The van der Waals surface area contributed by atoms with Gasteiger partial charge in [-0.2, -0.15) is 0 Å². The summed E-state index contributed by atoms with van der Waals surface area (Å²) in [5.41, 5.74) is -0.372. The number of allylic oxidation sites excluding steroid dienone is 2. The summed E-state index contributed by atoms with van der Waals surface area (Å²) in [5.74, 6) is 0. The van der Waals surface area contributed by atoms with Crippen molar-refractivity contribution in [1.29, 1.82) is 0 Å². The van der Waals surface area contributed by atoms with Crippen molar-refractivity contribution in [2.45, 2.75) is 39.3 Å². The van der Waals surface area contributed by atoms with E-state index in [1.165, 1.54) is 5.06 Å². The Bertz CT molecular complexity index is 315. The Balaban J connectivity index is 2.64. The smallest absolute Gasteiger partial charge is 0.293 e. The monoisotopic (exact) mass is 224 g/mol. The third kappa shape index (κ3) is 3.38. The number of hydroxylamine groups is 2. The number of hydrogen-bond acceptors (Lipinski definition) is 2. The molecule has 0 aromatic carbocycles. The highest BCUT2D eigenvalue weighted by molar-refractivity contribution is 5.75. The van der Waals surface area contributed by atoms with E-state index in [0.717, 1.165) is 0 Å². The van der Waals surface area contributed by atoms with E-state index in [1.54, 1.807) is 18.1 Å². The third-order valence-electron chi connectivity index (χ3n) is 2.09. The Morgan fingerprint density at radius 1 is 1.38 bits per heavy atom. The van der Waals surface area contributed by atoms with Crippen molar-refractivity contribution in [2.75, 3.05) is 7.05 Å². The fraction of sp³-hybridized carbons (Fsp3) is 0.583. The van der Waals surface area contributed by atoms with Crippen LogP contribution >= 0.6 is 0 Å². The van der Waals surface area contributed by atoms with Crippen LogP contribution in [0.4, 0.5) is 4.79 Å². The summed E-state index contributed by atoms with van der Waals surface area (Å²) < 4.78 is 0. The van der Waals surface area contributed by atoms with Gasteiger partial charge in [-0.3, -0.25) is 9.74 Å². The second-order valence-electron chi connectivity index (χ2n) is 4.86. The topological polar surface area (TPSA) is 32.8 Å². The molecule has 1 rings (SSSR count). The molecule has 4 heteroatoms. The number of nitrogens with zero attached hydrogens (tertiary/aromatic N) is 2. The molecule has 4 nitrogen and oxygen atoms in total. The number of amides is 2. The van der Waals surface area contributed by atoms with Crippen molar-refractivity contribution in [3.63, 3.8) is 0 Å². The van der Waals surface area contributed by atoms with Gasteiger partial charge in [0, 0.05) is 13.2 Å². The van der Waals surface area contributed by atoms with E-state index in [9.17, 15) is 4.79 Å². The number of urea groups is 1. The second-order valence-corrected chi connectivity index (χ2v) is 4.86. The number of hydrogen-bond donors (Lipinski definition) is 0. The van der Waals surface area contributed by atoms with Gasteiger partial charge in [0.2, 0.25) is 0 Å². The first-order chi connectivity index (χ1) is 7.31. The fourth-order valence-corrected chi connectivity index (χ4v) is 1.45. The predicted octanol–water partition coefficient (Wildman–Crippen LogP) is 2.54. The molecule has 0 aromatic heterocycles. The van der Waals surface area contributed by atoms with Crippen LogP contribution in [0.3, 0.4) is 0 Å². The van der Waals surface area contributed by atoms with E-state index >= 15 is 0 Å². The zero-order valence-corrected chi connectivity index (χ0v) is 10.6. The van der Waals surface area contributed by atoms with Crippen molar-refractivity contribution in [1.82, 2.24) is 9.96 Å². The van der Waals surface area contributed by atoms with Crippen LogP contribution in [0.25, 0.3) is 0 Å². The second kappa shape index (κ2) is 4.70. The Kier molecular flexibility index (Phi) is 3.75. The molecule has 2 amide bonds. The summed E-state index contributed by atoms with van der Waals surface area (Å²) in [6.07, 6.45) is 7.49. The highest BCUT2D eigenvalue weighted by atomic mass is 16.7. The molecule has 0 bridgehead atoms. The first kappa shape index (κ1) is 12.8. The van der Waals surface area contributed by atoms with Crippen molar-refractivity contribution in [2.24, 2.45) is 0 Å². The van der Waals surface area contributed by atoms with Crippen molar-refractivity contribution in [3.05, 3.63) is 24.4 Å². The lowest BCUT2D eigenvalue weighted by atomic mass is 10.2. The summed E-state index contributed by atoms with van der Waals surface area (Å²) in [7, 11) is 1.63. The van der Waals surface area contributed by atoms with Crippen LogP contribution in [0.15, 0.2) is 24.4 Å². The lowest BCUT2D eigenvalue weighted by Gasteiger charge is -2.32. The molecule has 0 saturated heterocycles. The van der Waals surface area contributed by atoms with Crippen LogP contribution in [0.1, 0.15) is 27.7 Å². The maximum Gasteiger partial charge on any atom is 0.348 e. The molecular weight excluding hydrogens is 204 g/mol. The Morgan fingerprint density at radius 3 is 2.50 bits per heavy atom. The molecule has 16 heavy (non-hydrogen) atoms. The Morgan fingerprint density at radius 2 is 2.00 bits per heavy atom. The number of carbonyl (C=O) groups excluding carboxylic acids is 1. The molecule has 1 unspecified atom stereocenters. The molecule has 0 N–H and O–H groups in total. The van der Waals surface area contributed by atoms with Crippen LogP contribution in [-0.2, 0) is 4.84 Å². The minimum Gasteiger partial charge on any atom is -0.293 e. The van der Waals surface area contributed by atoms with Crippen molar-refractivity contribution in [3.8, 4) is 0 Å². The van der Waals surface area contributed by atoms with E-state index in [1.807, 2.05) is 45.9 Å². The Hall–Kier alpha value is -1.29. The lowest BCUT2D eigenvalue weighted by Crippen LogP contribution is -2.45. The zero-order chi connectivity index (χ0) is 12.3. The molecule has 0 spiro atoms. The van der Waals surface area contributed by atoms with Gasteiger partial charge >= 0.3 is 6.03 Å². The summed E-state index contributed by atoms with van der Waals surface area (Å²) in [4.78, 5) is 19.1. The minimum absolute atomic E-state index is 0.0588. The van der Waals surface area contributed by atoms with Gasteiger partial charge < -0.3 is 0 Å². The van der Waals surface area contributed by atoms with E-state index < -0.39 is 0 Å². The van der Waals surface area contributed by atoms with Crippen molar-refractivity contribution >= 4 is 6.03 Å². The highest BCUT2D eigenvalue weighted by Crippen LogP contribution is 2.14. The summed E-state index contributed by atoms with van der Waals surface area (Å²) in [6, 6.07) is -0.105. The van der Waals surface area contributed by atoms with Gasteiger partial charge in [0.05, 0.1) is 11.6 Å². The molecule has 1 atom stereocenters. The lowest BCUT2D eigenvalue weighted by molar-refractivity contribution is -0.183. The van der Waals surface area contributed by atoms with Gasteiger partial charge in [-0.15, -0.1) is 0 Å². The summed E-state index contributed by atoms with van der Waals surface area (Å²) in [5, 5.41) is 1.28. The third-order valence-corrected chi connectivity index (χ3v) is 2.09. The van der Waals surface area contributed by atoms with E-state index in [4.69, 9.17) is 4.84 Å². The maximum absolute atomic E-state index is 12.0. The highest BCUT2D eigenvalue weighted by Gasteiger charge is 2.25. The standard InChI is InChI=1S/C12H20N2O2/c1-10-8-6-7-9-14(10)11(15)13(5)16-12(2,3)4/h6-10H,1-5H3. The normalized spacial score (nSPS) is 20.1. The largest absolute Gasteiger partial charge is 0.348 e. The molecule has 90 valence electrons. The predicted molar refractivity (Wildman–Crippen MR) is 63.6 cm³/mol. The van der Waals surface area contributed by atoms with Crippen molar-refractivity contribution < 1.29 is 9.63 Å². The van der Waals surface area contributed by atoms with Crippen LogP contribution < -0.4 is 0 Å². The van der Waals surface area contributed by atoms with Crippen LogP contribution in [-0.4, -0.2) is 34.7 Å². The van der Waals surface area contributed by atoms with Crippen LogP contribution in [0.5, 0.6) is 0 Å². The first-order valence-electron chi connectivity index (χ1n) is 5.41. The van der Waals surface area contributed by atoms with Crippen LogP contribution in [0, 0.1) is 0 Å². The minimum atomic E-state index is -0.372. The molecule has 0 radical (unpaired) electrons. The van der Waals surface area contributed by atoms with E-state index in [-0.39, 0.29) is 17.7 Å². The summed E-state index contributed by atoms with van der Waals surface area (Å²) in [6.45, 7) is 7.69. The molecule has 0 fully saturated rings. The first-order valence-corrected chi connectivity index (χ1v) is 5.41. The molecule has 0 saturated carbocycles. The Labute approximate surface area is 97.1 Å². The SMILES string of the molecule is CC1C=CC=CN1C(=O)N(C)OC(C)(C)C. The van der Waals surface area contributed by atoms with E-state index in [0.29, 0.717) is 0 Å².